The van der Waals surface area contributed by atoms with Crippen molar-refractivity contribution >= 4 is 27.3 Å². The van der Waals surface area contributed by atoms with Crippen LogP contribution in [0.5, 0.6) is 11.5 Å². The first kappa shape index (κ1) is 24.4. The van der Waals surface area contributed by atoms with Gasteiger partial charge in [0, 0.05) is 37.6 Å². The Labute approximate surface area is 206 Å². The number of sulfonamides is 1. The van der Waals surface area contributed by atoms with Crippen molar-refractivity contribution in [3.05, 3.63) is 78.4 Å². The summed E-state index contributed by atoms with van der Waals surface area (Å²) < 4.78 is 38.1. The van der Waals surface area contributed by atoms with E-state index in [2.05, 4.69) is 9.62 Å². The number of carbonyl (C=O) groups is 1. The lowest BCUT2D eigenvalue weighted by Crippen LogP contribution is -2.49. The van der Waals surface area contributed by atoms with Gasteiger partial charge >= 0.3 is 0 Å². The molecule has 3 aromatic rings. The summed E-state index contributed by atoms with van der Waals surface area (Å²) in [5.41, 5.74) is 2.43. The van der Waals surface area contributed by atoms with Gasteiger partial charge < -0.3 is 19.3 Å². The van der Waals surface area contributed by atoms with Crippen molar-refractivity contribution in [3.8, 4) is 11.5 Å². The first-order chi connectivity index (χ1) is 16.9. The molecule has 1 fully saturated rings. The lowest BCUT2D eigenvalue weighted by Gasteiger charge is -2.36. The first-order valence-electron chi connectivity index (χ1n) is 11.3. The van der Waals surface area contributed by atoms with Gasteiger partial charge in [-0.25, -0.2) is 8.42 Å². The maximum absolute atomic E-state index is 12.7. The average Bonchev–Trinajstić information content (AvgIpc) is 2.89. The molecule has 0 atom stereocenters. The van der Waals surface area contributed by atoms with E-state index < -0.39 is 10.0 Å². The molecule has 0 saturated carbocycles. The highest BCUT2D eigenvalue weighted by Gasteiger charge is 2.22. The van der Waals surface area contributed by atoms with E-state index in [1.807, 2.05) is 41.3 Å². The van der Waals surface area contributed by atoms with Gasteiger partial charge in [0.1, 0.15) is 11.5 Å². The Kier molecular flexibility index (Phi) is 7.45. The van der Waals surface area contributed by atoms with Crippen molar-refractivity contribution in [3.63, 3.8) is 0 Å². The SMILES string of the molecule is COc1ccc(CC(=O)N2CCN(c3ccc(NS(=O)(=O)c4ccc(OC)cc4)cc3)CC2)cc1. The van der Waals surface area contributed by atoms with Crippen molar-refractivity contribution in [1.29, 1.82) is 0 Å². The highest BCUT2D eigenvalue weighted by atomic mass is 32.2. The third-order valence-corrected chi connectivity index (χ3v) is 7.40. The summed E-state index contributed by atoms with van der Waals surface area (Å²) in [6.45, 7) is 2.71. The Morgan fingerprint density at radius 2 is 1.34 bits per heavy atom. The molecule has 0 unspecified atom stereocenters. The van der Waals surface area contributed by atoms with E-state index in [1.54, 1.807) is 31.4 Å². The second kappa shape index (κ2) is 10.7. The molecule has 1 amide bonds. The van der Waals surface area contributed by atoms with E-state index in [4.69, 9.17) is 9.47 Å². The number of methoxy groups -OCH3 is 2. The van der Waals surface area contributed by atoms with Crippen LogP contribution in [0.3, 0.4) is 0 Å². The van der Waals surface area contributed by atoms with E-state index in [0.29, 0.717) is 44.0 Å². The van der Waals surface area contributed by atoms with Crippen LogP contribution in [-0.2, 0) is 21.2 Å². The predicted octanol–water partition coefficient (Wildman–Crippen LogP) is 3.40. The average molecular weight is 496 g/mol. The summed E-state index contributed by atoms with van der Waals surface area (Å²) in [5, 5.41) is 0. The summed E-state index contributed by atoms with van der Waals surface area (Å²) in [6, 6.07) is 21.1. The van der Waals surface area contributed by atoms with Crippen LogP contribution in [0.2, 0.25) is 0 Å². The molecule has 184 valence electrons. The van der Waals surface area contributed by atoms with Gasteiger partial charge in [0.25, 0.3) is 10.0 Å². The Morgan fingerprint density at radius 3 is 1.89 bits per heavy atom. The molecule has 1 heterocycles. The zero-order valence-corrected chi connectivity index (χ0v) is 20.6. The Morgan fingerprint density at radius 1 is 0.800 bits per heavy atom. The standard InChI is InChI=1S/C26H29N3O5S/c1-33-23-9-3-20(4-10-23)19-26(30)29-17-15-28(16-18-29)22-7-5-21(6-8-22)27-35(31,32)25-13-11-24(34-2)12-14-25/h3-14,27H,15-19H2,1-2H3. The highest BCUT2D eigenvalue weighted by molar-refractivity contribution is 7.92. The number of hydrogen-bond donors (Lipinski definition) is 1. The fourth-order valence-corrected chi connectivity index (χ4v) is 5.01. The van der Waals surface area contributed by atoms with Crippen molar-refractivity contribution in [1.82, 2.24) is 4.90 Å². The van der Waals surface area contributed by atoms with Gasteiger partial charge in [-0.2, -0.15) is 0 Å². The van der Waals surface area contributed by atoms with Gasteiger partial charge in [0.05, 0.1) is 25.5 Å². The maximum Gasteiger partial charge on any atom is 0.261 e. The molecule has 0 spiro atoms. The van der Waals surface area contributed by atoms with Crippen LogP contribution in [0.25, 0.3) is 0 Å². The molecule has 1 saturated heterocycles. The quantitative estimate of drug-likeness (QED) is 0.515. The smallest absolute Gasteiger partial charge is 0.261 e. The molecule has 9 heteroatoms. The molecule has 0 radical (unpaired) electrons. The third kappa shape index (κ3) is 6.05. The number of nitrogens with zero attached hydrogens (tertiary/aromatic N) is 2. The predicted molar refractivity (Wildman–Crippen MR) is 136 cm³/mol. The highest BCUT2D eigenvalue weighted by Crippen LogP contribution is 2.23. The lowest BCUT2D eigenvalue weighted by molar-refractivity contribution is -0.130. The summed E-state index contributed by atoms with van der Waals surface area (Å²) >= 11 is 0. The third-order valence-electron chi connectivity index (χ3n) is 6.00. The monoisotopic (exact) mass is 495 g/mol. The Bertz CT molecular complexity index is 1240. The van der Waals surface area contributed by atoms with Crippen molar-refractivity contribution in [2.24, 2.45) is 0 Å². The minimum absolute atomic E-state index is 0.109. The van der Waals surface area contributed by atoms with Crippen molar-refractivity contribution in [2.75, 3.05) is 50.0 Å². The van der Waals surface area contributed by atoms with Crippen LogP contribution in [0.1, 0.15) is 5.56 Å². The zero-order valence-electron chi connectivity index (χ0n) is 19.8. The van der Waals surface area contributed by atoms with Crippen molar-refractivity contribution in [2.45, 2.75) is 11.3 Å². The van der Waals surface area contributed by atoms with Crippen LogP contribution in [-0.4, -0.2) is 59.6 Å². The fraction of sp³-hybridized carbons (Fsp3) is 0.269. The lowest BCUT2D eigenvalue weighted by atomic mass is 10.1. The minimum atomic E-state index is -3.69. The zero-order chi connectivity index (χ0) is 24.8. The van der Waals surface area contributed by atoms with E-state index >= 15 is 0 Å². The van der Waals surface area contributed by atoms with E-state index in [-0.39, 0.29) is 10.8 Å². The maximum atomic E-state index is 12.7. The van der Waals surface area contributed by atoms with Gasteiger partial charge in [-0.15, -0.1) is 0 Å². The number of rotatable bonds is 8. The van der Waals surface area contributed by atoms with Crippen LogP contribution in [0, 0.1) is 0 Å². The first-order valence-corrected chi connectivity index (χ1v) is 12.8. The van der Waals surface area contributed by atoms with E-state index in [0.717, 1.165) is 17.0 Å². The topological polar surface area (TPSA) is 88.2 Å². The molecule has 8 nitrogen and oxygen atoms in total. The number of hydrogen-bond acceptors (Lipinski definition) is 6. The van der Waals surface area contributed by atoms with Crippen LogP contribution in [0.15, 0.2) is 77.7 Å². The van der Waals surface area contributed by atoms with Gasteiger partial charge in [-0.05, 0) is 66.2 Å². The number of piperazine rings is 1. The molecule has 1 N–H and O–H groups in total. The largest absolute Gasteiger partial charge is 0.497 e. The summed E-state index contributed by atoms with van der Waals surface area (Å²) in [5.74, 6) is 1.48. The Balaban J connectivity index is 1.31. The molecule has 1 aliphatic heterocycles. The summed E-state index contributed by atoms with van der Waals surface area (Å²) in [6.07, 6.45) is 0.368. The molecule has 0 aliphatic carbocycles. The second-order valence-corrected chi connectivity index (χ2v) is 9.90. The van der Waals surface area contributed by atoms with Crippen LogP contribution >= 0.6 is 0 Å². The minimum Gasteiger partial charge on any atom is -0.497 e. The van der Waals surface area contributed by atoms with Gasteiger partial charge in [-0.3, -0.25) is 9.52 Å². The normalized spacial score (nSPS) is 13.9. The fourth-order valence-electron chi connectivity index (χ4n) is 3.95. The number of amides is 1. The number of anilines is 2. The Hall–Kier alpha value is -3.72. The number of nitrogens with one attached hydrogen (secondary N) is 1. The molecule has 0 bridgehead atoms. The molecule has 0 aromatic heterocycles. The molecule has 35 heavy (non-hydrogen) atoms. The number of carbonyl (C=O) groups excluding carboxylic acids is 1. The molecular weight excluding hydrogens is 466 g/mol. The van der Waals surface area contributed by atoms with Gasteiger partial charge in [0.2, 0.25) is 5.91 Å². The van der Waals surface area contributed by atoms with Crippen LogP contribution in [0.4, 0.5) is 11.4 Å². The number of benzene rings is 3. The van der Waals surface area contributed by atoms with Crippen molar-refractivity contribution < 1.29 is 22.7 Å². The van der Waals surface area contributed by atoms with E-state index in [1.165, 1.54) is 19.2 Å². The molecular formula is C26H29N3O5S. The summed E-state index contributed by atoms with van der Waals surface area (Å²) in [4.78, 5) is 16.9. The van der Waals surface area contributed by atoms with Gasteiger partial charge in [-0.1, -0.05) is 12.1 Å². The summed E-state index contributed by atoms with van der Waals surface area (Å²) in [7, 11) is -0.542. The van der Waals surface area contributed by atoms with Gasteiger partial charge in [0.15, 0.2) is 0 Å². The van der Waals surface area contributed by atoms with Crippen LogP contribution < -0.4 is 19.1 Å². The molecule has 1 aliphatic rings. The molecule has 3 aromatic carbocycles. The second-order valence-electron chi connectivity index (χ2n) is 8.22. The molecule has 4 rings (SSSR count). The van der Waals surface area contributed by atoms with E-state index in [9.17, 15) is 13.2 Å². The number of ether oxygens (including phenoxy) is 2.